The molecule has 1 N–H and O–H groups in total. The SMILES string of the molecule is CCN1CCCC(Nc2ccc(C(F)(F)F)cc2Cl)CC1. The molecular formula is C15H20ClF3N2. The lowest BCUT2D eigenvalue weighted by Gasteiger charge is -2.20. The molecule has 1 unspecified atom stereocenters. The molecule has 1 atom stereocenters. The molecule has 1 saturated heterocycles. The van der Waals surface area contributed by atoms with E-state index >= 15 is 0 Å². The lowest BCUT2D eigenvalue weighted by atomic mass is 10.1. The highest BCUT2D eigenvalue weighted by Gasteiger charge is 2.31. The van der Waals surface area contributed by atoms with Gasteiger partial charge in [0.15, 0.2) is 0 Å². The summed E-state index contributed by atoms with van der Waals surface area (Å²) < 4.78 is 37.8. The minimum absolute atomic E-state index is 0.126. The van der Waals surface area contributed by atoms with Gasteiger partial charge in [-0.2, -0.15) is 13.2 Å². The summed E-state index contributed by atoms with van der Waals surface area (Å²) in [5.41, 5.74) is -0.129. The molecule has 118 valence electrons. The molecule has 0 radical (unpaired) electrons. The van der Waals surface area contributed by atoms with Crippen LogP contribution in [0.3, 0.4) is 0 Å². The van der Waals surface area contributed by atoms with Crippen molar-refractivity contribution in [2.75, 3.05) is 25.0 Å². The Balaban J connectivity index is 2.03. The predicted octanol–water partition coefficient (Wildman–Crippen LogP) is 4.65. The number of hydrogen-bond acceptors (Lipinski definition) is 2. The van der Waals surface area contributed by atoms with Gasteiger partial charge in [0.25, 0.3) is 0 Å². The third kappa shape index (κ3) is 4.51. The fourth-order valence-electron chi connectivity index (χ4n) is 2.64. The number of benzene rings is 1. The minimum atomic E-state index is -4.36. The Morgan fingerprint density at radius 1 is 1.29 bits per heavy atom. The highest BCUT2D eigenvalue weighted by atomic mass is 35.5. The standard InChI is InChI=1S/C15H20ClF3N2/c1-2-21-8-3-4-12(7-9-21)20-14-6-5-11(10-13(14)16)15(17,18)19/h5-6,10,12,20H,2-4,7-9H2,1H3. The maximum absolute atomic E-state index is 12.6. The van der Waals surface area contributed by atoms with Gasteiger partial charge in [-0.15, -0.1) is 0 Å². The zero-order valence-electron chi connectivity index (χ0n) is 12.0. The third-order valence-electron chi connectivity index (χ3n) is 3.92. The zero-order valence-corrected chi connectivity index (χ0v) is 12.8. The summed E-state index contributed by atoms with van der Waals surface area (Å²) in [6.45, 7) is 5.26. The van der Waals surface area contributed by atoms with Crippen molar-refractivity contribution in [2.24, 2.45) is 0 Å². The van der Waals surface area contributed by atoms with E-state index < -0.39 is 11.7 Å². The molecule has 2 rings (SSSR count). The zero-order chi connectivity index (χ0) is 15.5. The molecule has 0 amide bonds. The highest BCUT2D eigenvalue weighted by Crippen LogP contribution is 2.34. The quantitative estimate of drug-likeness (QED) is 0.872. The van der Waals surface area contributed by atoms with E-state index in [2.05, 4.69) is 17.1 Å². The summed E-state index contributed by atoms with van der Waals surface area (Å²) in [5, 5.41) is 3.41. The van der Waals surface area contributed by atoms with Crippen LogP contribution in [0.1, 0.15) is 31.7 Å². The van der Waals surface area contributed by atoms with Crippen molar-refractivity contribution in [2.45, 2.75) is 38.4 Å². The fourth-order valence-corrected chi connectivity index (χ4v) is 2.88. The van der Waals surface area contributed by atoms with E-state index in [1.54, 1.807) is 0 Å². The van der Waals surface area contributed by atoms with Crippen LogP contribution in [-0.4, -0.2) is 30.6 Å². The number of halogens is 4. The number of rotatable bonds is 3. The van der Waals surface area contributed by atoms with Crippen molar-refractivity contribution < 1.29 is 13.2 Å². The van der Waals surface area contributed by atoms with Crippen LogP contribution in [-0.2, 0) is 6.18 Å². The van der Waals surface area contributed by atoms with Crippen molar-refractivity contribution in [3.63, 3.8) is 0 Å². The number of nitrogens with zero attached hydrogens (tertiary/aromatic N) is 1. The number of likely N-dealkylation sites (tertiary alicyclic amines) is 1. The van der Waals surface area contributed by atoms with Gasteiger partial charge in [-0.3, -0.25) is 0 Å². The Hall–Kier alpha value is -0.940. The van der Waals surface area contributed by atoms with E-state index in [9.17, 15) is 13.2 Å². The second-order valence-corrected chi connectivity index (χ2v) is 5.81. The van der Waals surface area contributed by atoms with Crippen LogP contribution in [0.25, 0.3) is 0 Å². The van der Waals surface area contributed by atoms with Crippen LogP contribution in [0.15, 0.2) is 18.2 Å². The van der Waals surface area contributed by atoms with Gasteiger partial charge in [0, 0.05) is 12.6 Å². The molecule has 1 aromatic rings. The summed E-state index contributed by atoms with van der Waals surface area (Å²) >= 11 is 5.98. The third-order valence-corrected chi connectivity index (χ3v) is 4.24. The van der Waals surface area contributed by atoms with E-state index in [4.69, 9.17) is 11.6 Å². The molecule has 21 heavy (non-hydrogen) atoms. The molecular weight excluding hydrogens is 301 g/mol. The summed E-state index contributed by atoms with van der Waals surface area (Å²) in [6, 6.07) is 3.74. The fraction of sp³-hybridized carbons (Fsp3) is 0.600. The summed E-state index contributed by atoms with van der Waals surface area (Å²) in [5.74, 6) is 0. The largest absolute Gasteiger partial charge is 0.416 e. The number of nitrogens with one attached hydrogen (secondary N) is 1. The highest BCUT2D eigenvalue weighted by molar-refractivity contribution is 6.33. The molecule has 0 bridgehead atoms. The van der Waals surface area contributed by atoms with Crippen molar-refractivity contribution in [1.29, 1.82) is 0 Å². The summed E-state index contributed by atoms with van der Waals surface area (Å²) in [6.07, 6.45) is -1.28. The summed E-state index contributed by atoms with van der Waals surface area (Å²) in [7, 11) is 0. The van der Waals surface area contributed by atoms with Crippen LogP contribution in [0.5, 0.6) is 0 Å². The van der Waals surface area contributed by atoms with Crippen LogP contribution < -0.4 is 5.32 Å². The van der Waals surface area contributed by atoms with Gasteiger partial charge in [0.05, 0.1) is 16.3 Å². The maximum Gasteiger partial charge on any atom is 0.416 e. The average Bonchev–Trinajstić information content (AvgIpc) is 2.65. The first-order valence-electron chi connectivity index (χ1n) is 7.25. The Morgan fingerprint density at radius 3 is 2.67 bits per heavy atom. The lowest BCUT2D eigenvalue weighted by Crippen LogP contribution is -2.26. The number of hydrogen-bond donors (Lipinski definition) is 1. The van der Waals surface area contributed by atoms with Crippen LogP contribution >= 0.6 is 11.6 Å². The molecule has 1 aliphatic rings. The van der Waals surface area contributed by atoms with Crippen LogP contribution in [0.4, 0.5) is 18.9 Å². The molecule has 1 heterocycles. The first kappa shape index (κ1) is 16.4. The van der Waals surface area contributed by atoms with Gasteiger partial charge in [0.1, 0.15) is 0 Å². The van der Waals surface area contributed by atoms with Crippen molar-refractivity contribution in [1.82, 2.24) is 4.90 Å². The van der Waals surface area contributed by atoms with Gasteiger partial charge in [-0.25, -0.2) is 0 Å². The van der Waals surface area contributed by atoms with E-state index in [0.29, 0.717) is 5.69 Å². The summed E-state index contributed by atoms with van der Waals surface area (Å²) in [4.78, 5) is 2.38. The molecule has 0 saturated carbocycles. The molecule has 1 aliphatic heterocycles. The molecule has 1 aromatic carbocycles. The van der Waals surface area contributed by atoms with E-state index in [1.807, 2.05) is 0 Å². The first-order valence-corrected chi connectivity index (χ1v) is 7.63. The van der Waals surface area contributed by atoms with Gasteiger partial charge >= 0.3 is 6.18 Å². The van der Waals surface area contributed by atoms with E-state index in [-0.39, 0.29) is 11.1 Å². The maximum atomic E-state index is 12.6. The van der Waals surface area contributed by atoms with Crippen molar-refractivity contribution in [3.8, 4) is 0 Å². The van der Waals surface area contributed by atoms with Crippen molar-refractivity contribution >= 4 is 17.3 Å². The molecule has 0 spiro atoms. The number of anilines is 1. The smallest absolute Gasteiger partial charge is 0.381 e. The van der Waals surface area contributed by atoms with Crippen LogP contribution in [0.2, 0.25) is 5.02 Å². The Bertz CT molecular complexity index is 476. The number of alkyl halides is 3. The van der Waals surface area contributed by atoms with Crippen LogP contribution in [0, 0.1) is 0 Å². The topological polar surface area (TPSA) is 15.3 Å². The Kier molecular flexibility index (Phi) is 5.38. The lowest BCUT2D eigenvalue weighted by molar-refractivity contribution is -0.137. The van der Waals surface area contributed by atoms with Gasteiger partial charge in [-0.1, -0.05) is 18.5 Å². The average molecular weight is 321 g/mol. The molecule has 2 nitrogen and oxygen atoms in total. The second-order valence-electron chi connectivity index (χ2n) is 5.40. The van der Waals surface area contributed by atoms with Gasteiger partial charge in [0.2, 0.25) is 0 Å². The van der Waals surface area contributed by atoms with E-state index in [0.717, 1.165) is 51.0 Å². The van der Waals surface area contributed by atoms with E-state index in [1.165, 1.54) is 6.07 Å². The Labute approximate surface area is 128 Å². The monoisotopic (exact) mass is 320 g/mol. The predicted molar refractivity (Wildman–Crippen MR) is 79.8 cm³/mol. The molecule has 0 aromatic heterocycles. The minimum Gasteiger partial charge on any atom is -0.381 e. The van der Waals surface area contributed by atoms with Crippen molar-refractivity contribution in [3.05, 3.63) is 28.8 Å². The Morgan fingerprint density at radius 2 is 2.05 bits per heavy atom. The first-order chi connectivity index (χ1) is 9.90. The molecule has 6 heteroatoms. The second kappa shape index (κ2) is 6.88. The van der Waals surface area contributed by atoms with Gasteiger partial charge in [-0.05, 0) is 50.6 Å². The molecule has 0 aliphatic carbocycles. The molecule has 1 fully saturated rings. The van der Waals surface area contributed by atoms with Gasteiger partial charge < -0.3 is 10.2 Å². The normalized spacial score (nSPS) is 21.1.